The van der Waals surface area contributed by atoms with Crippen LogP contribution in [0.1, 0.15) is 53.9 Å². The van der Waals surface area contributed by atoms with Crippen molar-refractivity contribution in [3.8, 4) is 0 Å². The quantitative estimate of drug-likeness (QED) is 0.268. The van der Waals surface area contributed by atoms with Crippen LogP contribution >= 0.6 is 11.8 Å². The van der Waals surface area contributed by atoms with Gasteiger partial charge in [0, 0.05) is 43.2 Å². The average molecular weight is 617 g/mol. The molecular weight excluding hydrogens is 585 g/mol. The maximum Gasteiger partial charge on any atom is 0.471 e. The Morgan fingerprint density at radius 2 is 1.67 bits per heavy atom. The fourth-order valence-electron chi connectivity index (χ4n) is 5.10. The number of likely N-dealkylation sites (tertiary alicyclic amines) is 1. The van der Waals surface area contributed by atoms with E-state index >= 15 is 0 Å². The van der Waals surface area contributed by atoms with Crippen LogP contribution in [0, 0.1) is 0 Å². The molecule has 228 valence electrons. The molecule has 2 aromatic carbocycles. The van der Waals surface area contributed by atoms with Crippen molar-refractivity contribution in [2.75, 3.05) is 12.3 Å². The zero-order valence-electron chi connectivity index (χ0n) is 23.1. The summed E-state index contributed by atoms with van der Waals surface area (Å²) < 4.78 is 51.4. The van der Waals surface area contributed by atoms with E-state index in [2.05, 4.69) is 15.3 Å². The number of amides is 2. The van der Waals surface area contributed by atoms with E-state index in [4.69, 9.17) is 9.47 Å². The van der Waals surface area contributed by atoms with Crippen LogP contribution < -0.4 is 5.32 Å². The molecule has 2 fully saturated rings. The van der Waals surface area contributed by atoms with Crippen LogP contribution in [0.3, 0.4) is 0 Å². The van der Waals surface area contributed by atoms with Gasteiger partial charge in [-0.05, 0) is 35.6 Å². The van der Waals surface area contributed by atoms with Gasteiger partial charge in [0.05, 0.1) is 18.8 Å². The van der Waals surface area contributed by atoms with E-state index in [1.807, 2.05) is 36.4 Å². The Labute approximate surface area is 250 Å². The van der Waals surface area contributed by atoms with Gasteiger partial charge in [0.2, 0.25) is 5.91 Å². The van der Waals surface area contributed by atoms with Crippen molar-refractivity contribution >= 4 is 23.6 Å². The summed E-state index contributed by atoms with van der Waals surface area (Å²) in [6, 6.07) is 15.4. The predicted octanol–water partition coefficient (Wildman–Crippen LogP) is 4.48. The van der Waals surface area contributed by atoms with Crippen LogP contribution in [0.25, 0.3) is 0 Å². The number of nitrogens with one attached hydrogen (secondary N) is 1. The first-order valence-electron chi connectivity index (χ1n) is 13.9. The van der Waals surface area contributed by atoms with Gasteiger partial charge >= 0.3 is 12.1 Å². The molecule has 2 aliphatic heterocycles. The van der Waals surface area contributed by atoms with Crippen molar-refractivity contribution in [3.63, 3.8) is 0 Å². The zero-order chi connectivity index (χ0) is 30.4. The molecule has 5 rings (SSSR count). The molecule has 43 heavy (non-hydrogen) atoms. The van der Waals surface area contributed by atoms with Crippen molar-refractivity contribution in [3.05, 3.63) is 89.2 Å². The predicted molar refractivity (Wildman–Crippen MR) is 150 cm³/mol. The van der Waals surface area contributed by atoms with Gasteiger partial charge in [-0.25, -0.2) is 9.97 Å². The molecule has 0 aliphatic carbocycles. The third-order valence-electron chi connectivity index (χ3n) is 7.33. The van der Waals surface area contributed by atoms with Crippen LogP contribution in [0.5, 0.6) is 0 Å². The number of aromatic nitrogens is 2. The number of aliphatic hydroxyl groups excluding tert-OH is 1. The first-order valence-corrected chi connectivity index (χ1v) is 14.8. The van der Waals surface area contributed by atoms with Gasteiger partial charge in [-0.3, -0.25) is 9.59 Å². The van der Waals surface area contributed by atoms with Gasteiger partial charge in [0.15, 0.2) is 11.4 Å². The van der Waals surface area contributed by atoms with Crippen molar-refractivity contribution < 1.29 is 37.3 Å². The van der Waals surface area contributed by atoms with E-state index in [1.165, 1.54) is 11.8 Å². The second-order valence-electron chi connectivity index (χ2n) is 10.3. The molecule has 2 amide bonds. The van der Waals surface area contributed by atoms with Crippen molar-refractivity contribution in [2.24, 2.45) is 0 Å². The van der Waals surface area contributed by atoms with Gasteiger partial charge < -0.3 is 24.8 Å². The summed E-state index contributed by atoms with van der Waals surface area (Å²) in [5.41, 5.74) is 3.25. The molecule has 3 aromatic rings. The van der Waals surface area contributed by atoms with Crippen molar-refractivity contribution in [2.45, 2.75) is 68.3 Å². The Kier molecular flexibility index (Phi) is 9.96. The Morgan fingerprint density at radius 1 is 1.00 bits per heavy atom. The number of hydrogen-bond donors (Lipinski definition) is 2. The summed E-state index contributed by atoms with van der Waals surface area (Å²) in [6.45, 7) is -0.0611. The van der Waals surface area contributed by atoms with Gasteiger partial charge in [-0.15, -0.1) is 0 Å². The molecule has 2 N–H and O–H groups in total. The highest BCUT2D eigenvalue weighted by molar-refractivity contribution is 7.99. The highest BCUT2D eigenvalue weighted by Crippen LogP contribution is 2.39. The second-order valence-corrected chi connectivity index (χ2v) is 11.3. The standard InChI is InChI=1S/C30H31F3N4O5S/c31-30(32,33)28(40)37-14-1-3-24(37)26(39)36-16-19-4-10-22(11-5-19)27-41-23(18-43-29-34-12-2-13-35-29)15-25(42-27)21-8-6-20(17-38)7-9-21/h2,4-13,23-25,27,38H,1,3,14-18H2,(H,36,39). The minimum atomic E-state index is -5.02. The molecule has 1 aromatic heterocycles. The topological polar surface area (TPSA) is 114 Å². The fourth-order valence-corrected chi connectivity index (χ4v) is 5.92. The largest absolute Gasteiger partial charge is 0.471 e. The van der Waals surface area contributed by atoms with Crippen LogP contribution in [-0.4, -0.2) is 62.4 Å². The maximum absolute atomic E-state index is 12.9. The van der Waals surface area contributed by atoms with E-state index in [1.54, 1.807) is 30.6 Å². The molecule has 2 aliphatic rings. The molecule has 4 atom stereocenters. The van der Waals surface area contributed by atoms with Crippen LogP contribution in [0.2, 0.25) is 0 Å². The number of ether oxygens (including phenoxy) is 2. The van der Waals surface area contributed by atoms with Crippen LogP contribution in [0.4, 0.5) is 13.2 Å². The first-order chi connectivity index (χ1) is 20.7. The van der Waals surface area contributed by atoms with Gasteiger partial charge in [0.25, 0.3) is 0 Å². The summed E-state index contributed by atoms with van der Waals surface area (Å²) >= 11 is 1.49. The lowest BCUT2D eigenvalue weighted by Crippen LogP contribution is -2.50. The number of carbonyl (C=O) groups is 2. The third-order valence-corrected chi connectivity index (χ3v) is 8.34. The molecule has 3 heterocycles. The number of halogens is 3. The van der Waals surface area contributed by atoms with E-state index < -0.39 is 30.3 Å². The highest BCUT2D eigenvalue weighted by atomic mass is 32.2. The Balaban J connectivity index is 1.23. The number of thioether (sulfide) groups is 1. The summed E-state index contributed by atoms with van der Waals surface area (Å²) in [4.78, 5) is 33.5. The highest BCUT2D eigenvalue weighted by Gasteiger charge is 2.47. The monoisotopic (exact) mass is 616 g/mol. The smallest absolute Gasteiger partial charge is 0.392 e. The van der Waals surface area contributed by atoms with Crippen LogP contribution in [-0.2, 0) is 32.2 Å². The van der Waals surface area contributed by atoms with E-state index in [-0.39, 0.29) is 38.3 Å². The molecule has 13 heteroatoms. The maximum atomic E-state index is 12.9. The lowest BCUT2D eigenvalue weighted by atomic mass is 10.0. The molecule has 9 nitrogen and oxygen atoms in total. The normalized spacial score (nSPS) is 22.4. The summed E-state index contributed by atoms with van der Waals surface area (Å²) in [5.74, 6) is -2.00. The molecule has 0 radical (unpaired) electrons. The van der Waals surface area contributed by atoms with E-state index in [0.717, 1.165) is 22.3 Å². The Bertz CT molecular complexity index is 1380. The lowest BCUT2D eigenvalue weighted by Gasteiger charge is -2.36. The number of aliphatic hydroxyl groups is 1. The SMILES string of the molecule is O=C(NCc1ccc(C2OC(CSc3ncccn3)CC(c3ccc(CO)cc3)O2)cc1)C1CCCN1C(=O)C(F)(F)F. The molecule has 2 saturated heterocycles. The number of benzene rings is 2. The molecular formula is C30H31F3N4O5S. The van der Waals surface area contributed by atoms with Crippen LogP contribution in [0.15, 0.2) is 72.1 Å². The molecule has 0 saturated carbocycles. The van der Waals surface area contributed by atoms with Gasteiger partial charge in [-0.1, -0.05) is 60.3 Å². The summed E-state index contributed by atoms with van der Waals surface area (Å²) in [7, 11) is 0. The fraction of sp³-hybridized carbons (Fsp3) is 0.400. The average Bonchev–Trinajstić information content (AvgIpc) is 3.52. The molecule has 4 unspecified atom stereocenters. The number of alkyl halides is 3. The van der Waals surface area contributed by atoms with Crippen molar-refractivity contribution in [1.29, 1.82) is 0 Å². The number of rotatable bonds is 9. The van der Waals surface area contributed by atoms with Gasteiger partial charge in [0.1, 0.15) is 6.04 Å². The number of hydrogen-bond acceptors (Lipinski definition) is 8. The third kappa shape index (κ3) is 7.91. The number of nitrogens with zero attached hydrogens (tertiary/aromatic N) is 3. The minimum Gasteiger partial charge on any atom is -0.392 e. The lowest BCUT2D eigenvalue weighted by molar-refractivity contribution is -0.245. The second kappa shape index (κ2) is 13.8. The van der Waals surface area contributed by atoms with Crippen molar-refractivity contribution in [1.82, 2.24) is 20.2 Å². The summed E-state index contributed by atoms with van der Waals surface area (Å²) in [5, 5.41) is 12.7. The number of carbonyl (C=O) groups excluding carboxylic acids is 2. The first kappa shape index (κ1) is 30.9. The minimum absolute atomic E-state index is 0.0503. The summed E-state index contributed by atoms with van der Waals surface area (Å²) in [6.07, 6.45) is -1.64. The van der Waals surface area contributed by atoms with E-state index in [9.17, 15) is 27.9 Å². The van der Waals surface area contributed by atoms with E-state index in [0.29, 0.717) is 28.7 Å². The Hall–Kier alpha value is -3.52. The Morgan fingerprint density at radius 3 is 2.35 bits per heavy atom. The molecule has 0 bridgehead atoms. The zero-order valence-corrected chi connectivity index (χ0v) is 23.9. The van der Waals surface area contributed by atoms with Gasteiger partial charge in [-0.2, -0.15) is 13.2 Å². The molecule has 0 spiro atoms.